The number of halogens is 1. The Hall–Kier alpha value is -3.15. The largest absolute Gasteiger partial charge is 0.376 e. The lowest BCUT2D eigenvalue weighted by Crippen LogP contribution is -2.57. The van der Waals surface area contributed by atoms with Crippen LogP contribution >= 0.6 is 11.6 Å². The minimum atomic E-state index is -1.20. The quantitative estimate of drug-likeness (QED) is 0.0887. The molecule has 12 heteroatoms. The van der Waals surface area contributed by atoms with Gasteiger partial charge in [0, 0.05) is 43.7 Å². The van der Waals surface area contributed by atoms with Gasteiger partial charge in [-0.3, -0.25) is 19.7 Å². The number of urea groups is 1. The molecule has 1 aromatic carbocycles. The highest BCUT2D eigenvalue weighted by atomic mass is 35.5. The molecule has 0 aromatic heterocycles. The number of anilines is 1. The zero-order chi connectivity index (χ0) is 29.5. The molecule has 1 aliphatic heterocycles. The summed E-state index contributed by atoms with van der Waals surface area (Å²) >= 11 is 5.84. The molecule has 2 rings (SSSR count). The predicted octanol–water partition coefficient (Wildman–Crippen LogP) is 2.19. The first-order valence-corrected chi connectivity index (χ1v) is 14.3. The van der Waals surface area contributed by atoms with E-state index in [0.717, 1.165) is 18.4 Å². The summed E-state index contributed by atoms with van der Waals surface area (Å²) in [7, 11) is 0. The number of hydrogen-bond acceptors (Lipinski definition) is 6. The van der Waals surface area contributed by atoms with E-state index in [9.17, 15) is 24.3 Å². The molecule has 0 bridgehead atoms. The third-order valence-electron chi connectivity index (χ3n) is 6.65. The van der Waals surface area contributed by atoms with E-state index in [1.165, 1.54) is 0 Å². The van der Waals surface area contributed by atoms with E-state index in [1.54, 1.807) is 23.1 Å². The fraction of sp³-hybridized carbons (Fsp3) is 0.571. The van der Waals surface area contributed by atoms with Gasteiger partial charge in [0.25, 0.3) is 0 Å². The second-order valence-electron chi connectivity index (χ2n) is 10.3. The maximum atomic E-state index is 13.1. The van der Waals surface area contributed by atoms with Crippen molar-refractivity contribution in [2.24, 2.45) is 11.7 Å². The van der Waals surface area contributed by atoms with Crippen LogP contribution in [0.3, 0.4) is 0 Å². The predicted molar refractivity (Wildman–Crippen MR) is 155 cm³/mol. The van der Waals surface area contributed by atoms with Gasteiger partial charge in [-0.2, -0.15) is 0 Å². The first kappa shape index (κ1) is 33.1. The van der Waals surface area contributed by atoms with E-state index < -0.39 is 24.3 Å². The molecule has 40 heavy (non-hydrogen) atoms. The Morgan fingerprint density at radius 3 is 2.42 bits per heavy atom. The van der Waals surface area contributed by atoms with Crippen molar-refractivity contribution < 1.29 is 24.3 Å². The van der Waals surface area contributed by atoms with Crippen LogP contribution in [0, 0.1) is 5.92 Å². The number of primary amides is 1. The van der Waals surface area contributed by atoms with E-state index >= 15 is 0 Å². The van der Waals surface area contributed by atoms with Crippen molar-refractivity contribution in [3.63, 3.8) is 0 Å². The van der Waals surface area contributed by atoms with E-state index in [4.69, 9.17) is 17.3 Å². The number of unbranched alkanes of at least 4 members (excludes halogenated alkanes) is 2. The highest BCUT2D eigenvalue weighted by Gasteiger charge is 2.29. The van der Waals surface area contributed by atoms with Crippen LogP contribution in [0.4, 0.5) is 10.5 Å². The Morgan fingerprint density at radius 2 is 1.82 bits per heavy atom. The summed E-state index contributed by atoms with van der Waals surface area (Å²) in [4.78, 5) is 50.2. The Morgan fingerprint density at radius 1 is 1.10 bits per heavy atom. The number of amides is 5. The van der Waals surface area contributed by atoms with Gasteiger partial charge < -0.3 is 31.7 Å². The second kappa shape index (κ2) is 17.5. The van der Waals surface area contributed by atoms with Gasteiger partial charge in [-0.05, 0) is 49.3 Å². The van der Waals surface area contributed by atoms with Gasteiger partial charge in [0.15, 0.2) is 0 Å². The molecule has 5 amide bonds. The average molecular weight is 579 g/mol. The Kier molecular flexibility index (Phi) is 14.5. The van der Waals surface area contributed by atoms with Gasteiger partial charge in [-0.25, -0.2) is 4.79 Å². The number of hydrogen-bond donors (Lipinski definition) is 6. The maximum Gasteiger partial charge on any atom is 0.312 e. The topological polar surface area (TPSA) is 166 Å². The highest BCUT2D eigenvalue weighted by Crippen LogP contribution is 2.14. The third-order valence-corrected chi connectivity index (χ3v) is 6.96. The minimum Gasteiger partial charge on any atom is -0.376 e. The molecule has 0 unspecified atom stereocenters. The van der Waals surface area contributed by atoms with Gasteiger partial charge in [-0.1, -0.05) is 38.5 Å². The van der Waals surface area contributed by atoms with E-state index in [2.05, 4.69) is 21.3 Å². The first-order chi connectivity index (χ1) is 19.1. The van der Waals surface area contributed by atoms with Crippen LogP contribution in [0.1, 0.15) is 57.9 Å². The Labute approximate surface area is 241 Å². The van der Waals surface area contributed by atoms with Crippen molar-refractivity contribution >= 4 is 41.0 Å². The molecular formula is C28H43ClN6O5. The number of benzene rings is 1. The van der Waals surface area contributed by atoms with Gasteiger partial charge in [-0.15, -0.1) is 11.6 Å². The molecule has 11 nitrogen and oxygen atoms in total. The van der Waals surface area contributed by atoms with Crippen LogP contribution in [-0.2, 0) is 20.3 Å². The molecule has 0 spiro atoms. The molecule has 1 heterocycles. The normalized spacial score (nSPS) is 15.1. The summed E-state index contributed by atoms with van der Waals surface area (Å²) in [5.41, 5.74) is 6.62. The fourth-order valence-electron chi connectivity index (χ4n) is 4.34. The number of carbonyl (C=O) groups excluding carboxylic acids is 4. The number of nitrogens with one attached hydrogen (secondary N) is 4. The van der Waals surface area contributed by atoms with E-state index in [1.807, 2.05) is 32.1 Å². The number of aliphatic hydroxyl groups is 1. The van der Waals surface area contributed by atoms with E-state index in [-0.39, 0.29) is 30.2 Å². The smallest absolute Gasteiger partial charge is 0.312 e. The van der Waals surface area contributed by atoms with Crippen molar-refractivity contribution in [2.45, 2.75) is 76.6 Å². The zero-order valence-electron chi connectivity index (χ0n) is 23.3. The molecule has 3 atom stereocenters. The van der Waals surface area contributed by atoms with Gasteiger partial charge in [0.2, 0.25) is 17.7 Å². The lowest BCUT2D eigenvalue weighted by atomic mass is 10.0. The molecule has 0 saturated carbocycles. The summed E-state index contributed by atoms with van der Waals surface area (Å²) < 4.78 is 0. The van der Waals surface area contributed by atoms with Crippen LogP contribution in [0.5, 0.6) is 0 Å². The van der Waals surface area contributed by atoms with Crippen LogP contribution in [0.25, 0.3) is 0 Å². The molecule has 1 aliphatic rings. The second-order valence-corrected chi connectivity index (χ2v) is 10.5. The van der Waals surface area contributed by atoms with Crippen molar-refractivity contribution in [3.05, 3.63) is 42.0 Å². The summed E-state index contributed by atoms with van der Waals surface area (Å²) in [6.45, 7) is 5.33. The van der Waals surface area contributed by atoms with Crippen LogP contribution in [0.2, 0.25) is 0 Å². The van der Waals surface area contributed by atoms with Crippen LogP contribution < -0.4 is 27.0 Å². The average Bonchev–Trinajstić information content (AvgIpc) is 3.33. The molecule has 0 aliphatic carbocycles. The molecule has 0 saturated heterocycles. The molecule has 222 valence electrons. The Balaban J connectivity index is 1.91. The summed E-state index contributed by atoms with van der Waals surface area (Å²) in [6, 6.07) is 5.01. The summed E-state index contributed by atoms with van der Waals surface area (Å²) in [5, 5.41) is 22.2. The number of aliphatic hydroxyl groups excluding tert-OH is 1. The monoisotopic (exact) mass is 578 g/mol. The van der Waals surface area contributed by atoms with Crippen molar-refractivity contribution in [3.8, 4) is 0 Å². The number of alkyl halides is 1. The number of rotatable bonds is 18. The zero-order valence-corrected chi connectivity index (χ0v) is 24.1. The lowest BCUT2D eigenvalue weighted by molar-refractivity contribution is -0.125. The van der Waals surface area contributed by atoms with Gasteiger partial charge in [0.1, 0.15) is 6.23 Å². The third kappa shape index (κ3) is 11.9. The van der Waals surface area contributed by atoms with E-state index in [0.29, 0.717) is 50.3 Å². The van der Waals surface area contributed by atoms with Crippen LogP contribution in [0.15, 0.2) is 36.4 Å². The molecule has 0 fully saturated rings. The number of carbonyl (C=O) groups is 4. The first-order valence-electron chi connectivity index (χ1n) is 13.8. The number of nitrogens with two attached hydrogens (primary N) is 1. The molecular weight excluding hydrogens is 536 g/mol. The van der Waals surface area contributed by atoms with Crippen LogP contribution in [-0.4, -0.2) is 71.7 Å². The number of nitrogens with zero attached hydrogens (tertiary/aromatic N) is 1. The molecule has 1 aromatic rings. The summed E-state index contributed by atoms with van der Waals surface area (Å²) in [5.74, 6) is -0.290. The SMILES string of the molecule is CC(C)[C@H](NC(=O)CCCCCN1CC=CC1=O)[C@H](O)N[C@@H](CCCNC(N)=O)C(=O)Nc1ccc(CCl)cc1. The van der Waals surface area contributed by atoms with Gasteiger partial charge in [0.05, 0.1) is 12.1 Å². The Bertz CT molecular complexity index is 1000. The van der Waals surface area contributed by atoms with Crippen molar-refractivity contribution in [2.75, 3.05) is 25.0 Å². The highest BCUT2D eigenvalue weighted by molar-refractivity contribution is 6.17. The molecule has 0 radical (unpaired) electrons. The van der Waals surface area contributed by atoms with Crippen molar-refractivity contribution in [1.29, 1.82) is 0 Å². The maximum absolute atomic E-state index is 13.1. The standard InChI is InChI=1S/C28H43ClN6O5/c1-19(2)25(34-23(36)9-4-3-5-16-35-17-7-10-24(35)37)27(39)33-22(8-6-15-31-28(30)40)26(38)32-21-13-11-20(18-29)12-14-21/h7,10-14,19,22,25,27,33,39H,3-6,8-9,15-18H2,1-2H3,(H,32,38)(H,34,36)(H3,30,31,40)/t22-,25-,27-/m0/s1. The van der Waals surface area contributed by atoms with Crippen molar-refractivity contribution in [1.82, 2.24) is 20.9 Å². The molecule has 7 N–H and O–H groups in total. The fourth-order valence-corrected chi connectivity index (χ4v) is 4.51. The van der Waals surface area contributed by atoms with Gasteiger partial charge >= 0.3 is 6.03 Å². The summed E-state index contributed by atoms with van der Waals surface area (Å²) in [6.07, 6.45) is 5.53. The lowest BCUT2D eigenvalue weighted by Gasteiger charge is -2.31. The minimum absolute atomic E-state index is 0.0272.